The SMILES string of the molecule is O=C(N/N=C/c1cc(Cl)ccc1O)c1ccccc1C(F)(F)F. The van der Waals surface area contributed by atoms with Gasteiger partial charge in [-0.1, -0.05) is 23.7 Å². The lowest BCUT2D eigenvalue weighted by Crippen LogP contribution is -2.22. The summed E-state index contributed by atoms with van der Waals surface area (Å²) in [6.07, 6.45) is -3.57. The van der Waals surface area contributed by atoms with Crippen molar-refractivity contribution in [3.63, 3.8) is 0 Å². The number of hydrazone groups is 1. The van der Waals surface area contributed by atoms with Crippen LogP contribution in [0.25, 0.3) is 0 Å². The number of phenols is 1. The Morgan fingerprint density at radius 3 is 2.61 bits per heavy atom. The Balaban J connectivity index is 2.18. The second kappa shape index (κ2) is 6.70. The first-order valence-electron chi connectivity index (χ1n) is 6.27. The number of carbonyl (C=O) groups is 1. The molecule has 2 N–H and O–H groups in total. The largest absolute Gasteiger partial charge is 0.507 e. The lowest BCUT2D eigenvalue weighted by molar-refractivity contribution is -0.137. The van der Waals surface area contributed by atoms with Crippen molar-refractivity contribution < 1.29 is 23.1 Å². The summed E-state index contributed by atoms with van der Waals surface area (Å²) >= 11 is 5.74. The summed E-state index contributed by atoms with van der Waals surface area (Å²) in [5, 5.41) is 13.4. The Hall–Kier alpha value is -2.54. The number of halogens is 4. The van der Waals surface area contributed by atoms with Crippen LogP contribution in [0.5, 0.6) is 5.75 Å². The van der Waals surface area contributed by atoms with E-state index in [0.29, 0.717) is 5.02 Å². The van der Waals surface area contributed by atoms with E-state index < -0.39 is 23.2 Å². The predicted molar refractivity (Wildman–Crippen MR) is 79.6 cm³/mol. The predicted octanol–water partition coefficient (Wildman–Crippen LogP) is 3.83. The summed E-state index contributed by atoms with van der Waals surface area (Å²) in [7, 11) is 0. The molecule has 0 heterocycles. The molecule has 2 aromatic rings. The number of nitrogens with one attached hydrogen (secondary N) is 1. The zero-order chi connectivity index (χ0) is 17.0. The van der Waals surface area contributed by atoms with E-state index in [2.05, 4.69) is 5.10 Å². The summed E-state index contributed by atoms with van der Waals surface area (Å²) in [6.45, 7) is 0. The van der Waals surface area contributed by atoms with Crippen LogP contribution in [0, 0.1) is 0 Å². The van der Waals surface area contributed by atoms with Crippen LogP contribution in [-0.4, -0.2) is 17.2 Å². The second-order valence-corrected chi connectivity index (χ2v) is 4.88. The molecule has 0 aliphatic carbocycles. The lowest BCUT2D eigenvalue weighted by atomic mass is 10.1. The number of phenolic OH excluding ortho intramolecular Hbond substituents is 1. The van der Waals surface area contributed by atoms with Crippen molar-refractivity contribution in [2.45, 2.75) is 6.18 Å². The van der Waals surface area contributed by atoms with Gasteiger partial charge in [0.2, 0.25) is 0 Å². The highest BCUT2D eigenvalue weighted by Crippen LogP contribution is 2.31. The molecule has 0 fully saturated rings. The Labute approximate surface area is 134 Å². The van der Waals surface area contributed by atoms with Crippen LogP contribution in [0.4, 0.5) is 13.2 Å². The van der Waals surface area contributed by atoms with Crippen LogP contribution in [0.2, 0.25) is 5.02 Å². The molecule has 2 rings (SSSR count). The molecule has 0 spiro atoms. The average Bonchev–Trinajstić information content (AvgIpc) is 2.49. The number of alkyl halides is 3. The summed E-state index contributed by atoms with van der Waals surface area (Å²) in [4.78, 5) is 11.8. The number of hydrogen-bond acceptors (Lipinski definition) is 3. The van der Waals surface area contributed by atoms with Gasteiger partial charge in [-0.15, -0.1) is 0 Å². The number of benzene rings is 2. The smallest absolute Gasteiger partial charge is 0.417 e. The number of carbonyl (C=O) groups excluding carboxylic acids is 1. The molecule has 4 nitrogen and oxygen atoms in total. The maximum Gasteiger partial charge on any atom is 0.417 e. The Morgan fingerprint density at radius 1 is 1.22 bits per heavy atom. The molecule has 0 aliphatic heterocycles. The van der Waals surface area contributed by atoms with Crippen molar-refractivity contribution in [2.24, 2.45) is 5.10 Å². The number of nitrogens with zero attached hydrogens (tertiary/aromatic N) is 1. The third-order valence-electron chi connectivity index (χ3n) is 2.84. The van der Waals surface area contributed by atoms with E-state index >= 15 is 0 Å². The number of rotatable bonds is 3. The van der Waals surface area contributed by atoms with Crippen molar-refractivity contribution in [2.75, 3.05) is 0 Å². The second-order valence-electron chi connectivity index (χ2n) is 4.45. The van der Waals surface area contributed by atoms with Crippen molar-refractivity contribution in [3.8, 4) is 5.75 Å². The summed E-state index contributed by atoms with van der Waals surface area (Å²) < 4.78 is 38.5. The van der Waals surface area contributed by atoms with Crippen molar-refractivity contribution in [3.05, 3.63) is 64.2 Å². The van der Waals surface area contributed by atoms with Gasteiger partial charge in [-0.05, 0) is 30.3 Å². The van der Waals surface area contributed by atoms with Crippen LogP contribution in [-0.2, 0) is 6.18 Å². The monoisotopic (exact) mass is 342 g/mol. The molecule has 8 heteroatoms. The molecule has 0 radical (unpaired) electrons. The number of amides is 1. The molecule has 0 saturated carbocycles. The molecule has 0 saturated heterocycles. The zero-order valence-electron chi connectivity index (χ0n) is 11.4. The van der Waals surface area contributed by atoms with Crippen LogP contribution >= 0.6 is 11.6 Å². The molecule has 120 valence electrons. The van der Waals surface area contributed by atoms with Gasteiger partial charge in [0, 0.05) is 10.6 Å². The molecule has 0 aromatic heterocycles. The van der Waals surface area contributed by atoms with E-state index in [1.807, 2.05) is 5.43 Å². The third-order valence-corrected chi connectivity index (χ3v) is 3.07. The van der Waals surface area contributed by atoms with E-state index in [9.17, 15) is 23.1 Å². The normalized spacial score (nSPS) is 11.7. The van der Waals surface area contributed by atoms with E-state index in [4.69, 9.17) is 11.6 Å². The minimum Gasteiger partial charge on any atom is -0.507 e. The fourth-order valence-corrected chi connectivity index (χ4v) is 1.96. The van der Waals surface area contributed by atoms with Crippen LogP contribution in [0.1, 0.15) is 21.5 Å². The number of aromatic hydroxyl groups is 1. The van der Waals surface area contributed by atoms with Crippen molar-refractivity contribution >= 4 is 23.7 Å². The van der Waals surface area contributed by atoms with Gasteiger partial charge in [0.05, 0.1) is 17.3 Å². The summed E-state index contributed by atoms with van der Waals surface area (Å²) in [5.41, 5.74) is 0.587. The van der Waals surface area contributed by atoms with Gasteiger partial charge in [-0.25, -0.2) is 5.43 Å². The average molecular weight is 343 g/mol. The van der Waals surface area contributed by atoms with Crippen LogP contribution < -0.4 is 5.43 Å². The lowest BCUT2D eigenvalue weighted by Gasteiger charge is -2.10. The molecular weight excluding hydrogens is 333 g/mol. The van der Waals surface area contributed by atoms with Crippen LogP contribution in [0.3, 0.4) is 0 Å². The maximum absolute atomic E-state index is 12.8. The minimum atomic E-state index is -4.65. The van der Waals surface area contributed by atoms with Crippen molar-refractivity contribution in [1.82, 2.24) is 5.43 Å². The van der Waals surface area contributed by atoms with Gasteiger partial charge in [-0.3, -0.25) is 4.79 Å². The maximum atomic E-state index is 12.8. The fraction of sp³-hybridized carbons (Fsp3) is 0.0667. The van der Waals surface area contributed by atoms with Gasteiger partial charge >= 0.3 is 6.18 Å². The third kappa shape index (κ3) is 4.23. The number of hydrogen-bond donors (Lipinski definition) is 2. The molecule has 23 heavy (non-hydrogen) atoms. The quantitative estimate of drug-likeness (QED) is 0.658. The molecule has 2 aromatic carbocycles. The Kier molecular flexibility index (Phi) is 4.90. The van der Waals surface area contributed by atoms with E-state index in [-0.39, 0.29) is 11.3 Å². The zero-order valence-corrected chi connectivity index (χ0v) is 12.2. The van der Waals surface area contributed by atoms with E-state index in [1.54, 1.807) is 0 Å². The molecule has 0 bridgehead atoms. The van der Waals surface area contributed by atoms with E-state index in [0.717, 1.165) is 18.3 Å². The topological polar surface area (TPSA) is 61.7 Å². The summed E-state index contributed by atoms with van der Waals surface area (Å²) in [6, 6.07) is 8.52. The standard InChI is InChI=1S/C15H10ClF3N2O2/c16-10-5-6-13(22)9(7-10)8-20-21-14(23)11-3-1-2-4-12(11)15(17,18)19/h1-8,22H,(H,21,23)/b20-8+. The molecular formula is C15H10ClF3N2O2. The van der Waals surface area contributed by atoms with Crippen molar-refractivity contribution in [1.29, 1.82) is 0 Å². The van der Waals surface area contributed by atoms with Gasteiger partial charge in [0.25, 0.3) is 5.91 Å². The van der Waals surface area contributed by atoms with Gasteiger partial charge in [0.1, 0.15) is 5.75 Å². The Morgan fingerprint density at radius 2 is 1.91 bits per heavy atom. The van der Waals surface area contributed by atoms with E-state index in [1.165, 1.54) is 30.3 Å². The van der Waals surface area contributed by atoms with Gasteiger partial charge in [-0.2, -0.15) is 18.3 Å². The highest BCUT2D eigenvalue weighted by Gasteiger charge is 2.34. The fourth-order valence-electron chi connectivity index (χ4n) is 1.78. The first-order chi connectivity index (χ1) is 10.8. The van der Waals surface area contributed by atoms with Crippen LogP contribution in [0.15, 0.2) is 47.6 Å². The highest BCUT2D eigenvalue weighted by molar-refractivity contribution is 6.30. The highest BCUT2D eigenvalue weighted by atomic mass is 35.5. The molecule has 0 unspecified atom stereocenters. The molecule has 1 amide bonds. The summed E-state index contributed by atoms with van der Waals surface area (Å²) in [5.74, 6) is -1.15. The van der Waals surface area contributed by atoms with Gasteiger partial charge < -0.3 is 5.11 Å². The minimum absolute atomic E-state index is 0.136. The Bertz CT molecular complexity index is 761. The molecule has 0 aliphatic rings. The first-order valence-corrected chi connectivity index (χ1v) is 6.65. The first kappa shape index (κ1) is 16.8. The van der Waals surface area contributed by atoms with Gasteiger partial charge in [0.15, 0.2) is 0 Å². The molecule has 0 atom stereocenters.